The van der Waals surface area contributed by atoms with Gasteiger partial charge in [-0.05, 0) is 36.2 Å². The van der Waals surface area contributed by atoms with Crippen LogP contribution >= 0.6 is 11.3 Å². The summed E-state index contributed by atoms with van der Waals surface area (Å²) in [5.74, 6) is 0. The fraction of sp³-hybridized carbons (Fsp3) is 0.0625. The number of benzene rings is 2. The second-order valence-corrected chi connectivity index (χ2v) is 5.29. The minimum absolute atomic E-state index is 1.07. The Morgan fingerprint density at radius 3 is 2.78 bits per heavy atom. The van der Waals surface area contributed by atoms with E-state index in [1.807, 2.05) is 12.1 Å². The number of thiazole rings is 1. The van der Waals surface area contributed by atoms with Gasteiger partial charge in [0.25, 0.3) is 0 Å². The number of hydrogen-bond acceptors (Lipinski definition) is 2. The maximum absolute atomic E-state index is 4.67. The molecule has 0 unspecified atom stereocenters. The quantitative estimate of drug-likeness (QED) is 0.630. The van der Waals surface area contributed by atoms with E-state index in [0.29, 0.717) is 0 Å². The molecule has 3 rings (SSSR count). The molecule has 1 aromatic heterocycles. The van der Waals surface area contributed by atoms with Gasteiger partial charge in [-0.2, -0.15) is 0 Å². The van der Waals surface area contributed by atoms with Gasteiger partial charge in [-0.15, -0.1) is 11.3 Å². The van der Waals surface area contributed by atoms with Gasteiger partial charge < -0.3 is 0 Å². The molecule has 0 radical (unpaired) electrons. The predicted molar refractivity (Wildman–Crippen MR) is 79.9 cm³/mol. The normalized spacial score (nSPS) is 10.7. The Morgan fingerprint density at radius 2 is 2.00 bits per heavy atom. The number of nitrogens with zero attached hydrogens (tertiary/aromatic N) is 1. The van der Waals surface area contributed by atoms with E-state index in [1.165, 1.54) is 15.8 Å². The highest BCUT2D eigenvalue weighted by Gasteiger charge is 2.06. The molecule has 0 aliphatic carbocycles. The van der Waals surface area contributed by atoms with E-state index in [-0.39, 0.29) is 0 Å². The zero-order valence-electron chi connectivity index (χ0n) is 10.2. The zero-order valence-corrected chi connectivity index (χ0v) is 11.0. The predicted octanol–water partition coefficient (Wildman–Crippen LogP) is 4.91. The molecule has 0 saturated carbocycles. The summed E-state index contributed by atoms with van der Waals surface area (Å²) in [5.41, 5.74) is 4.65. The third-order valence-electron chi connectivity index (χ3n) is 3.04. The van der Waals surface area contributed by atoms with E-state index in [9.17, 15) is 0 Å². The van der Waals surface area contributed by atoms with E-state index in [1.54, 1.807) is 11.3 Å². The van der Waals surface area contributed by atoms with E-state index < -0.39 is 0 Å². The van der Waals surface area contributed by atoms with E-state index in [2.05, 4.69) is 54.9 Å². The van der Waals surface area contributed by atoms with Gasteiger partial charge in [-0.25, -0.2) is 4.98 Å². The lowest BCUT2D eigenvalue weighted by Gasteiger charge is -2.02. The van der Waals surface area contributed by atoms with E-state index in [0.717, 1.165) is 16.1 Å². The van der Waals surface area contributed by atoms with Crippen LogP contribution in [0.5, 0.6) is 0 Å². The van der Waals surface area contributed by atoms with E-state index >= 15 is 0 Å². The monoisotopic (exact) mass is 251 g/mol. The first-order valence-electron chi connectivity index (χ1n) is 5.87. The van der Waals surface area contributed by atoms with Gasteiger partial charge in [-0.1, -0.05) is 36.9 Å². The summed E-state index contributed by atoms with van der Waals surface area (Å²) in [6, 6.07) is 14.6. The third-order valence-corrected chi connectivity index (χ3v) is 4.13. The lowest BCUT2D eigenvalue weighted by molar-refractivity contribution is 1.42. The molecule has 88 valence electrons. The number of para-hydroxylation sites is 1. The number of rotatable bonds is 2. The van der Waals surface area contributed by atoms with Crippen molar-refractivity contribution < 1.29 is 0 Å². The summed E-state index contributed by atoms with van der Waals surface area (Å²) in [7, 11) is 0. The second kappa shape index (κ2) is 4.39. The second-order valence-electron chi connectivity index (χ2n) is 4.26. The molecule has 0 spiro atoms. The van der Waals surface area contributed by atoms with Crippen LogP contribution in [-0.4, -0.2) is 4.98 Å². The maximum Gasteiger partial charge on any atom is 0.124 e. The number of aryl methyl sites for hydroxylation is 1. The van der Waals surface area contributed by atoms with Crippen LogP contribution in [0.3, 0.4) is 0 Å². The molecule has 0 N–H and O–H groups in total. The topological polar surface area (TPSA) is 12.9 Å². The Hall–Kier alpha value is -1.93. The van der Waals surface area contributed by atoms with Crippen molar-refractivity contribution in [3.05, 3.63) is 60.2 Å². The van der Waals surface area contributed by atoms with E-state index in [4.69, 9.17) is 0 Å². The fourth-order valence-corrected chi connectivity index (χ4v) is 2.95. The average Bonchev–Trinajstić information content (AvgIpc) is 2.83. The van der Waals surface area contributed by atoms with Crippen molar-refractivity contribution in [1.29, 1.82) is 0 Å². The number of hydrogen-bond donors (Lipinski definition) is 0. The van der Waals surface area contributed by atoms with Gasteiger partial charge >= 0.3 is 0 Å². The Labute approximate surface area is 110 Å². The van der Waals surface area contributed by atoms with Crippen LogP contribution in [-0.2, 0) is 0 Å². The van der Waals surface area contributed by atoms with Crippen molar-refractivity contribution in [2.75, 3.05) is 0 Å². The minimum Gasteiger partial charge on any atom is -0.236 e. The van der Waals surface area contributed by atoms with Crippen molar-refractivity contribution >= 4 is 27.6 Å². The van der Waals surface area contributed by atoms with Crippen LogP contribution < -0.4 is 0 Å². The summed E-state index contributed by atoms with van der Waals surface area (Å²) in [4.78, 5) is 4.67. The molecule has 0 bridgehead atoms. The van der Waals surface area contributed by atoms with Crippen molar-refractivity contribution in [2.45, 2.75) is 6.92 Å². The highest BCUT2D eigenvalue weighted by Crippen LogP contribution is 2.31. The fourth-order valence-electron chi connectivity index (χ4n) is 1.99. The zero-order chi connectivity index (χ0) is 12.5. The van der Waals surface area contributed by atoms with Crippen molar-refractivity contribution in [3.63, 3.8) is 0 Å². The van der Waals surface area contributed by atoms with Gasteiger partial charge in [0.05, 0.1) is 10.2 Å². The number of aromatic nitrogens is 1. The van der Waals surface area contributed by atoms with Crippen LogP contribution in [0.1, 0.15) is 11.1 Å². The summed E-state index contributed by atoms with van der Waals surface area (Å²) in [6.07, 6.45) is 1.89. The SMILES string of the molecule is C=Cc1cc(-c2nc3ccccc3s2)ccc1C. The van der Waals surface area contributed by atoms with Crippen LogP contribution in [0.4, 0.5) is 0 Å². The Kier molecular flexibility index (Phi) is 2.73. The molecule has 0 fully saturated rings. The summed E-state index contributed by atoms with van der Waals surface area (Å²) in [6.45, 7) is 5.95. The van der Waals surface area contributed by atoms with Gasteiger partial charge in [0.15, 0.2) is 0 Å². The molecule has 18 heavy (non-hydrogen) atoms. The smallest absolute Gasteiger partial charge is 0.124 e. The van der Waals surface area contributed by atoms with Crippen LogP contribution in [0, 0.1) is 6.92 Å². The van der Waals surface area contributed by atoms with Crippen molar-refractivity contribution in [2.24, 2.45) is 0 Å². The van der Waals surface area contributed by atoms with Gasteiger partial charge in [0.2, 0.25) is 0 Å². The lowest BCUT2D eigenvalue weighted by atomic mass is 10.1. The highest BCUT2D eigenvalue weighted by molar-refractivity contribution is 7.21. The van der Waals surface area contributed by atoms with Crippen molar-refractivity contribution in [1.82, 2.24) is 4.98 Å². The molecular weight excluding hydrogens is 238 g/mol. The Balaban J connectivity index is 2.16. The molecule has 0 atom stereocenters. The number of fused-ring (bicyclic) bond motifs is 1. The molecule has 1 heterocycles. The summed E-state index contributed by atoms with van der Waals surface area (Å²) in [5, 5.41) is 1.07. The molecule has 1 nitrogen and oxygen atoms in total. The van der Waals surface area contributed by atoms with Crippen LogP contribution in [0.25, 0.3) is 26.9 Å². The van der Waals surface area contributed by atoms with Gasteiger partial charge in [0, 0.05) is 5.56 Å². The first kappa shape index (κ1) is 11.2. The Bertz CT molecular complexity index is 692. The molecular formula is C16H13NS. The van der Waals surface area contributed by atoms with Crippen LogP contribution in [0.15, 0.2) is 49.0 Å². The lowest BCUT2D eigenvalue weighted by Crippen LogP contribution is -1.82. The van der Waals surface area contributed by atoms with Crippen molar-refractivity contribution in [3.8, 4) is 10.6 Å². The third kappa shape index (κ3) is 1.85. The first-order valence-corrected chi connectivity index (χ1v) is 6.68. The molecule has 0 amide bonds. The molecule has 0 aliphatic rings. The molecule has 0 saturated heterocycles. The Morgan fingerprint density at radius 1 is 1.17 bits per heavy atom. The molecule has 2 heteroatoms. The minimum atomic E-state index is 1.07. The largest absolute Gasteiger partial charge is 0.236 e. The highest BCUT2D eigenvalue weighted by atomic mass is 32.1. The molecule has 3 aromatic rings. The molecule has 2 aromatic carbocycles. The standard InChI is InChI=1S/C16H13NS/c1-3-12-10-13(9-8-11(12)2)16-17-14-6-4-5-7-15(14)18-16/h3-10H,1H2,2H3. The molecule has 0 aliphatic heterocycles. The average molecular weight is 251 g/mol. The van der Waals surface area contributed by atoms with Gasteiger partial charge in [-0.3, -0.25) is 0 Å². The van der Waals surface area contributed by atoms with Gasteiger partial charge in [0.1, 0.15) is 5.01 Å². The maximum atomic E-state index is 4.67. The first-order chi connectivity index (χ1) is 8.78. The van der Waals surface area contributed by atoms with Crippen LogP contribution in [0.2, 0.25) is 0 Å². The summed E-state index contributed by atoms with van der Waals surface area (Å²) >= 11 is 1.73. The summed E-state index contributed by atoms with van der Waals surface area (Å²) < 4.78 is 1.23.